The monoisotopic (exact) mass is 435 g/mol. The predicted molar refractivity (Wildman–Crippen MR) is 119 cm³/mol. The van der Waals surface area contributed by atoms with Gasteiger partial charge in [0, 0.05) is 34.7 Å². The molecule has 0 saturated carbocycles. The normalized spacial score (nSPS) is 15.9. The van der Waals surface area contributed by atoms with Gasteiger partial charge in [0.25, 0.3) is 0 Å². The summed E-state index contributed by atoms with van der Waals surface area (Å²) in [5.74, 6) is 1.19. The lowest BCUT2D eigenvalue weighted by atomic mass is 9.98. The van der Waals surface area contributed by atoms with Crippen LogP contribution in [0.4, 0.5) is 0 Å². The Labute approximate surface area is 183 Å². The Balaban J connectivity index is 1.30. The minimum Gasteiger partial charge on any atom is -0.339 e. The Morgan fingerprint density at radius 1 is 1.17 bits per heavy atom. The summed E-state index contributed by atoms with van der Waals surface area (Å²) in [5.41, 5.74) is 3.37. The van der Waals surface area contributed by atoms with Gasteiger partial charge in [0.2, 0.25) is 17.6 Å². The van der Waals surface area contributed by atoms with Crippen molar-refractivity contribution in [2.45, 2.75) is 32.2 Å². The number of carbonyl (C=O) groups excluding carboxylic acids is 1. The van der Waals surface area contributed by atoms with E-state index in [1.54, 1.807) is 22.7 Å². The van der Waals surface area contributed by atoms with Gasteiger partial charge in [-0.2, -0.15) is 4.98 Å². The van der Waals surface area contributed by atoms with Gasteiger partial charge in [-0.3, -0.25) is 4.79 Å². The van der Waals surface area contributed by atoms with Crippen LogP contribution in [0.3, 0.4) is 0 Å². The second kappa shape index (κ2) is 8.16. The first-order valence-electron chi connectivity index (χ1n) is 9.98. The largest absolute Gasteiger partial charge is 0.339 e. The second-order valence-electron chi connectivity index (χ2n) is 7.43. The standard InChI is InChI=1S/C23H21N3O2S2/c1-15-4-6-16(7-5-15)23-24-20(28-25-23)8-9-21(27)26-12-10-18-17(11-14-30-18)22(26)19-3-2-13-29-19/h2-7,11,13-14,22H,8-10,12H2,1H3. The Morgan fingerprint density at radius 3 is 2.83 bits per heavy atom. The van der Waals surface area contributed by atoms with Gasteiger partial charge < -0.3 is 9.42 Å². The molecule has 4 aromatic rings. The molecule has 1 aromatic carbocycles. The molecule has 7 heteroatoms. The maximum absolute atomic E-state index is 13.2. The molecule has 0 radical (unpaired) electrons. The highest BCUT2D eigenvalue weighted by molar-refractivity contribution is 7.10. The molecule has 5 rings (SSSR count). The number of amides is 1. The molecule has 0 saturated heterocycles. The van der Waals surface area contributed by atoms with E-state index in [-0.39, 0.29) is 11.9 Å². The molecule has 1 unspecified atom stereocenters. The van der Waals surface area contributed by atoms with Crippen molar-refractivity contribution in [3.05, 3.63) is 80.0 Å². The number of aryl methyl sites for hydroxylation is 2. The highest BCUT2D eigenvalue weighted by Gasteiger charge is 2.33. The first kappa shape index (κ1) is 19.2. The van der Waals surface area contributed by atoms with Crippen molar-refractivity contribution in [1.29, 1.82) is 0 Å². The number of thiophene rings is 2. The van der Waals surface area contributed by atoms with E-state index in [2.05, 4.69) is 33.0 Å². The minimum absolute atomic E-state index is 0.0123. The van der Waals surface area contributed by atoms with E-state index in [9.17, 15) is 4.79 Å². The maximum Gasteiger partial charge on any atom is 0.227 e. The van der Waals surface area contributed by atoms with Crippen LogP contribution in [0.2, 0.25) is 0 Å². The molecule has 3 aromatic heterocycles. The number of benzene rings is 1. The highest BCUT2D eigenvalue weighted by Crippen LogP contribution is 2.39. The van der Waals surface area contributed by atoms with E-state index >= 15 is 0 Å². The van der Waals surface area contributed by atoms with E-state index in [1.807, 2.05) is 42.2 Å². The number of carbonyl (C=O) groups is 1. The van der Waals surface area contributed by atoms with E-state index in [0.717, 1.165) is 18.5 Å². The number of hydrogen-bond donors (Lipinski definition) is 0. The summed E-state index contributed by atoms with van der Waals surface area (Å²) < 4.78 is 5.40. The number of fused-ring (bicyclic) bond motifs is 1. The average molecular weight is 436 g/mol. The van der Waals surface area contributed by atoms with Crippen LogP contribution in [-0.4, -0.2) is 27.5 Å². The topological polar surface area (TPSA) is 59.2 Å². The van der Waals surface area contributed by atoms with Gasteiger partial charge in [-0.25, -0.2) is 0 Å². The molecule has 1 amide bonds. The Morgan fingerprint density at radius 2 is 2.03 bits per heavy atom. The molecular formula is C23H21N3O2S2. The first-order valence-corrected chi connectivity index (χ1v) is 11.7. The number of hydrogen-bond acceptors (Lipinski definition) is 6. The van der Waals surface area contributed by atoms with Crippen LogP contribution in [0.5, 0.6) is 0 Å². The molecular weight excluding hydrogens is 414 g/mol. The quantitative estimate of drug-likeness (QED) is 0.428. The lowest BCUT2D eigenvalue weighted by Gasteiger charge is -2.35. The minimum atomic E-state index is 0.0123. The van der Waals surface area contributed by atoms with Crippen molar-refractivity contribution >= 4 is 28.6 Å². The summed E-state index contributed by atoms with van der Waals surface area (Å²) in [4.78, 5) is 22.3. The van der Waals surface area contributed by atoms with Crippen LogP contribution in [0.1, 0.15) is 39.2 Å². The summed E-state index contributed by atoms with van der Waals surface area (Å²) >= 11 is 3.49. The van der Waals surface area contributed by atoms with E-state index in [0.29, 0.717) is 24.6 Å². The van der Waals surface area contributed by atoms with Crippen LogP contribution in [0, 0.1) is 6.92 Å². The predicted octanol–water partition coefficient (Wildman–Crippen LogP) is 5.27. The highest BCUT2D eigenvalue weighted by atomic mass is 32.1. The average Bonchev–Trinajstić information content (AvgIpc) is 3.53. The summed E-state index contributed by atoms with van der Waals surface area (Å²) in [6.45, 7) is 2.79. The van der Waals surface area contributed by atoms with Crippen molar-refractivity contribution in [1.82, 2.24) is 15.0 Å². The second-order valence-corrected chi connectivity index (χ2v) is 9.41. The van der Waals surface area contributed by atoms with Crippen LogP contribution < -0.4 is 0 Å². The van der Waals surface area contributed by atoms with Crippen molar-refractivity contribution in [3.63, 3.8) is 0 Å². The zero-order valence-electron chi connectivity index (χ0n) is 16.6. The summed E-state index contributed by atoms with van der Waals surface area (Å²) in [5, 5.41) is 8.28. The van der Waals surface area contributed by atoms with Crippen LogP contribution in [0.15, 0.2) is 57.7 Å². The van der Waals surface area contributed by atoms with Gasteiger partial charge in [-0.15, -0.1) is 22.7 Å². The van der Waals surface area contributed by atoms with Gasteiger partial charge in [-0.05, 0) is 41.8 Å². The summed E-state index contributed by atoms with van der Waals surface area (Å²) in [7, 11) is 0. The Kier molecular flexibility index (Phi) is 5.23. The Hall–Kier alpha value is -2.77. The Bertz CT molecular complexity index is 1150. The fourth-order valence-electron chi connectivity index (χ4n) is 3.87. The maximum atomic E-state index is 13.2. The fourth-order valence-corrected chi connectivity index (χ4v) is 5.63. The molecule has 152 valence electrons. The first-order chi connectivity index (χ1) is 14.7. The third-order valence-corrected chi connectivity index (χ3v) is 7.35. The summed E-state index contributed by atoms with van der Waals surface area (Å²) in [6.07, 6.45) is 1.72. The molecule has 4 heterocycles. The summed E-state index contributed by atoms with van der Waals surface area (Å²) in [6, 6.07) is 14.3. The van der Waals surface area contributed by atoms with Gasteiger partial charge >= 0.3 is 0 Å². The molecule has 1 aliphatic rings. The van der Waals surface area contributed by atoms with Gasteiger partial charge in [0.15, 0.2) is 0 Å². The zero-order chi connectivity index (χ0) is 20.5. The van der Waals surface area contributed by atoms with Crippen LogP contribution >= 0.6 is 22.7 Å². The SMILES string of the molecule is Cc1ccc(-c2noc(CCC(=O)N3CCc4sccc4C3c3cccs3)n2)cc1. The molecule has 0 N–H and O–H groups in total. The third kappa shape index (κ3) is 3.70. The number of rotatable bonds is 5. The zero-order valence-corrected chi connectivity index (χ0v) is 18.2. The molecule has 0 aliphatic carbocycles. The molecule has 5 nitrogen and oxygen atoms in total. The number of nitrogens with zero attached hydrogens (tertiary/aromatic N) is 3. The molecule has 30 heavy (non-hydrogen) atoms. The molecule has 1 atom stereocenters. The van der Waals surface area contributed by atoms with Crippen molar-refractivity contribution in [3.8, 4) is 11.4 Å². The van der Waals surface area contributed by atoms with Crippen molar-refractivity contribution < 1.29 is 9.32 Å². The lowest BCUT2D eigenvalue weighted by molar-refractivity contribution is -0.133. The molecule has 1 aliphatic heterocycles. The van der Waals surface area contributed by atoms with Gasteiger partial charge in [0.05, 0.1) is 6.04 Å². The lowest BCUT2D eigenvalue weighted by Crippen LogP contribution is -2.39. The molecule has 0 bridgehead atoms. The smallest absolute Gasteiger partial charge is 0.227 e. The van der Waals surface area contributed by atoms with Gasteiger partial charge in [-0.1, -0.05) is 41.1 Å². The van der Waals surface area contributed by atoms with E-state index in [4.69, 9.17) is 4.52 Å². The van der Waals surface area contributed by atoms with Crippen molar-refractivity contribution in [2.24, 2.45) is 0 Å². The van der Waals surface area contributed by atoms with Crippen LogP contribution in [-0.2, 0) is 17.6 Å². The van der Waals surface area contributed by atoms with Gasteiger partial charge in [0.1, 0.15) is 0 Å². The van der Waals surface area contributed by atoms with E-state index < -0.39 is 0 Å². The van der Waals surface area contributed by atoms with E-state index in [1.165, 1.54) is 20.9 Å². The third-order valence-electron chi connectivity index (χ3n) is 5.43. The van der Waals surface area contributed by atoms with Crippen LogP contribution in [0.25, 0.3) is 11.4 Å². The van der Waals surface area contributed by atoms with Crippen molar-refractivity contribution in [2.75, 3.05) is 6.54 Å². The molecule has 0 fully saturated rings. The number of aromatic nitrogens is 2. The fraction of sp³-hybridized carbons (Fsp3) is 0.261. The molecule has 0 spiro atoms.